The van der Waals surface area contributed by atoms with E-state index in [1.807, 2.05) is 12.1 Å². The van der Waals surface area contributed by atoms with Gasteiger partial charge in [0.05, 0.1) is 27.4 Å². The van der Waals surface area contributed by atoms with Crippen molar-refractivity contribution in [3.8, 4) is 11.5 Å². The molecule has 1 saturated heterocycles. The molecule has 0 aliphatic carbocycles. The van der Waals surface area contributed by atoms with Crippen LogP contribution in [0.3, 0.4) is 0 Å². The lowest BCUT2D eigenvalue weighted by Gasteiger charge is -2.28. The van der Waals surface area contributed by atoms with E-state index in [9.17, 15) is 0 Å². The van der Waals surface area contributed by atoms with Gasteiger partial charge in [0, 0.05) is 45.2 Å². The molecule has 0 bridgehead atoms. The van der Waals surface area contributed by atoms with Crippen molar-refractivity contribution in [3.05, 3.63) is 23.8 Å². The third-order valence-electron chi connectivity index (χ3n) is 4.91. The molecule has 1 heterocycles. The quantitative estimate of drug-likeness (QED) is 0.320. The summed E-state index contributed by atoms with van der Waals surface area (Å²) in [7, 11) is 5.11. The second-order valence-corrected chi connectivity index (χ2v) is 7.26. The fourth-order valence-corrected chi connectivity index (χ4v) is 3.04. The Morgan fingerprint density at radius 1 is 1.14 bits per heavy atom. The van der Waals surface area contributed by atoms with Crippen molar-refractivity contribution < 1.29 is 14.2 Å². The van der Waals surface area contributed by atoms with Crippen molar-refractivity contribution in [3.63, 3.8) is 0 Å². The van der Waals surface area contributed by atoms with Gasteiger partial charge in [-0.15, -0.1) is 24.0 Å². The van der Waals surface area contributed by atoms with Crippen LogP contribution in [-0.2, 0) is 10.2 Å². The maximum atomic E-state index is 5.43. The maximum Gasteiger partial charge on any atom is 0.191 e. The topological polar surface area (TPSA) is 67.4 Å². The highest BCUT2D eigenvalue weighted by Crippen LogP contribution is 2.32. The highest BCUT2D eigenvalue weighted by molar-refractivity contribution is 14.0. The summed E-state index contributed by atoms with van der Waals surface area (Å²) in [5.41, 5.74) is 1.08. The minimum Gasteiger partial charge on any atom is -0.493 e. The second kappa shape index (κ2) is 12.3. The SMILES string of the molecule is CN=C(NCCN1CCOCC1)NCC(C)(C)c1ccc(OC)c(OC)c1.I. The Hall–Kier alpha value is -1.26. The average molecular weight is 506 g/mol. The molecule has 0 atom stereocenters. The molecule has 1 aliphatic heterocycles. The van der Waals surface area contributed by atoms with E-state index in [1.54, 1.807) is 21.3 Å². The summed E-state index contributed by atoms with van der Waals surface area (Å²) in [6, 6.07) is 6.07. The van der Waals surface area contributed by atoms with Crippen molar-refractivity contribution in [2.24, 2.45) is 4.99 Å². The van der Waals surface area contributed by atoms with Crippen LogP contribution in [0, 0.1) is 0 Å². The lowest BCUT2D eigenvalue weighted by Crippen LogP contribution is -2.46. The first-order valence-electron chi connectivity index (χ1n) is 9.47. The zero-order valence-electron chi connectivity index (χ0n) is 17.7. The molecule has 1 aromatic rings. The molecule has 0 aromatic heterocycles. The highest BCUT2D eigenvalue weighted by Gasteiger charge is 2.22. The number of nitrogens with zero attached hydrogens (tertiary/aromatic N) is 2. The van der Waals surface area contributed by atoms with Crippen LogP contribution in [0.15, 0.2) is 23.2 Å². The minimum atomic E-state index is -0.0959. The molecule has 1 aliphatic rings. The summed E-state index contributed by atoms with van der Waals surface area (Å²) < 4.78 is 16.1. The van der Waals surface area contributed by atoms with Crippen LogP contribution in [0.25, 0.3) is 0 Å². The van der Waals surface area contributed by atoms with E-state index in [0.717, 1.165) is 63.4 Å². The van der Waals surface area contributed by atoms with E-state index in [2.05, 4.69) is 40.4 Å². The predicted molar refractivity (Wildman–Crippen MR) is 125 cm³/mol. The first-order valence-corrected chi connectivity index (χ1v) is 9.47. The molecule has 28 heavy (non-hydrogen) atoms. The molecule has 0 radical (unpaired) electrons. The summed E-state index contributed by atoms with van der Waals surface area (Å²) in [6.45, 7) is 10.6. The van der Waals surface area contributed by atoms with Gasteiger partial charge >= 0.3 is 0 Å². The summed E-state index contributed by atoms with van der Waals surface area (Å²) in [5, 5.41) is 6.83. The van der Waals surface area contributed by atoms with Crippen LogP contribution in [0.2, 0.25) is 0 Å². The fraction of sp³-hybridized carbons (Fsp3) is 0.650. The van der Waals surface area contributed by atoms with Gasteiger partial charge in [-0.05, 0) is 17.7 Å². The lowest BCUT2D eigenvalue weighted by molar-refractivity contribution is 0.0389. The zero-order valence-corrected chi connectivity index (χ0v) is 20.0. The Kier molecular flexibility index (Phi) is 10.9. The molecule has 8 heteroatoms. The van der Waals surface area contributed by atoms with E-state index < -0.39 is 0 Å². The van der Waals surface area contributed by atoms with Gasteiger partial charge in [-0.3, -0.25) is 9.89 Å². The third kappa shape index (κ3) is 7.29. The Labute approximate surface area is 186 Å². The van der Waals surface area contributed by atoms with Crippen molar-refractivity contribution >= 4 is 29.9 Å². The molecule has 2 N–H and O–H groups in total. The van der Waals surface area contributed by atoms with Crippen LogP contribution in [-0.4, -0.2) is 78.1 Å². The van der Waals surface area contributed by atoms with Crippen LogP contribution >= 0.6 is 24.0 Å². The number of methoxy groups -OCH3 is 2. The standard InChI is InChI=1S/C20H34N4O3.HI/c1-20(2,16-6-7-17(25-4)18(14-16)26-5)15-23-19(21-3)22-8-9-24-10-12-27-13-11-24;/h6-7,14H,8-13,15H2,1-5H3,(H2,21,22,23);1H. The summed E-state index contributed by atoms with van der Waals surface area (Å²) in [6.07, 6.45) is 0. The Bertz CT molecular complexity index is 619. The number of ether oxygens (including phenoxy) is 3. The van der Waals surface area contributed by atoms with Gasteiger partial charge in [-0.2, -0.15) is 0 Å². The van der Waals surface area contributed by atoms with E-state index in [4.69, 9.17) is 14.2 Å². The van der Waals surface area contributed by atoms with Crippen LogP contribution in [0.5, 0.6) is 11.5 Å². The number of hydrogen-bond acceptors (Lipinski definition) is 5. The lowest BCUT2D eigenvalue weighted by atomic mass is 9.84. The van der Waals surface area contributed by atoms with Gasteiger partial charge in [0.15, 0.2) is 17.5 Å². The van der Waals surface area contributed by atoms with Gasteiger partial charge in [0.1, 0.15) is 0 Å². The number of halogens is 1. The Morgan fingerprint density at radius 2 is 1.82 bits per heavy atom. The number of guanidine groups is 1. The minimum absolute atomic E-state index is 0. The summed E-state index contributed by atoms with van der Waals surface area (Å²) in [5.74, 6) is 2.30. The number of rotatable bonds is 8. The largest absolute Gasteiger partial charge is 0.493 e. The smallest absolute Gasteiger partial charge is 0.191 e. The number of hydrogen-bond donors (Lipinski definition) is 2. The van der Waals surface area contributed by atoms with E-state index in [-0.39, 0.29) is 29.4 Å². The second-order valence-electron chi connectivity index (χ2n) is 7.26. The number of morpholine rings is 1. The van der Waals surface area contributed by atoms with Gasteiger partial charge in [-0.25, -0.2) is 0 Å². The fourth-order valence-electron chi connectivity index (χ4n) is 3.04. The Morgan fingerprint density at radius 3 is 2.43 bits per heavy atom. The normalized spacial score (nSPS) is 15.5. The van der Waals surface area contributed by atoms with Crippen molar-refractivity contribution in [1.82, 2.24) is 15.5 Å². The monoisotopic (exact) mass is 506 g/mol. The molecule has 0 unspecified atom stereocenters. The molecule has 1 fully saturated rings. The van der Waals surface area contributed by atoms with Gasteiger partial charge in [-0.1, -0.05) is 19.9 Å². The molecular formula is C20H35IN4O3. The molecule has 2 rings (SSSR count). The molecule has 0 saturated carbocycles. The molecule has 1 aromatic carbocycles. The molecule has 7 nitrogen and oxygen atoms in total. The van der Waals surface area contributed by atoms with Gasteiger partial charge in [0.25, 0.3) is 0 Å². The average Bonchev–Trinajstić information content (AvgIpc) is 2.70. The molecule has 0 amide bonds. The molecule has 0 spiro atoms. The Balaban J connectivity index is 0.00000392. The maximum absolute atomic E-state index is 5.43. The number of nitrogens with one attached hydrogen (secondary N) is 2. The van der Waals surface area contributed by atoms with Crippen molar-refractivity contribution in [1.29, 1.82) is 0 Å². The van der Waals surface area contributed by atoms with Gasteiger partial charge < -0.3 is 24.8 Å². The van der Waals surface area contributed by atoms with E-state index in [1.165, 1.54) is 5.56 Å². The third-order valence-corrected chi connectivity index (χ3v) is 4.91. The first kappa shape index (κ1) is 24.8. The molecule has 160 valence electrons. The number of aliphatic imine (C=N–C) groups is 1. The van der Waals surface area contributed by atoms with Crippen LogP contribution in [0.4, 0.5) is 0 Å². The van der Waals surface area contributed by atoms with Gasteiger partial charge in [0.2, 0.25) is 0 Å². The van der Waals surface area contributed by atoms with E-state index in [0.29, 0.717) is 0 Å². The number of benzene rings is 1. The predicted octanol–water partition coefficient (Wildman–Crippen LogP) is 2.10. The summed E-state index contributed by atoms with van der Waals surface area (Å²) in [4.78, 5) is 6.74. The molecular weight excluding hydrogens is 471 g/mol. The highest BCUT2D eigenvalue weighted by atomic mass is 127. The zero-order chi connectivity index (χ0) is 19.7. The van der Waals surface area contributed by atoms with Crippen LogP contribution < -0.4 is 20.1 Å². The summed E-state index contributed by atoms with van der Waals surface area (Å²) >= 11 is 0. The van der Waals surface area contributed by atoms with E-state index >= 15 is 0 Å². The first-order chi connectivity index (χ1) is 13.0. The van der Waals surface area contributed by atoms with Crippen molar-refractivity contribution in [2.75, 3.05) is 67.2 Å². The van der Waals surface area contributed by atoms with Crippen molar-refractivity contribution in [2.45, 2.75) is 19.3 Å². The van der Waals surface area contributed by atoms with Crippen LogP contribution in [0.1, 0.15) is 19.4 Å².